The molecule has 4 nitrogen and oxygen atoms in total. The lowest BCUT2D eigenvalue weighted by Crippen LogP contribution is -2.36. The minimum absolute atomic E-state index is 0.155. The van der Waals surface area contributed by atoms with Gasteiger partial charge in [-0.1, -0.05) is 36.1 Å². The van der Waals surface area contributed by atoms with Crippen LogP contribution in [0, 0.1) is 17.7 Å². The van der Waals surface area contributed by atoms with Gasteiger partial charge in [0, 0.05) is 6.54 Å². The summed E-state index contributed by atoms with van der Waals surface area (Å²) >= 11 is 0. The molecule has 0 spiro atoms. The first-order chi connectivity index (χ1) is 11.7. The van der Waals surface area contributed by atoms with E-state index in [2.05, 4.69) is 22.5 Å². The standard InChI is InChI=1S/C19H19FN2O2/c1-24-17-10-8-15(9-11-17)12-14-22-19(23)21-13-4-6-16-5-2-3-7-18(16)20/h2-3,5,7-11H,12-14H2,1H3,(H2,21,22,23). The zero-order valence-electron chi connectivity index (χ0n) is 13.4. The molecule has 2 rings (SSSR count). The maximum absolute atomic E-state index is 13.3. The molecule has 0 aliphatic rings. The van der Waals surface area contributed by atoms with Crippen molar-refractivity contribution < 1.29 is 13.9 Å². The molecule has 2 aromatic carbocycles. The van der Waals surface area contributed by atoms with E-state index >= 15 is 0 Å². The number of hydrogen-bond acceptors (Lipinski definition) is 2. The van der Waals surface area contributed by atoms with Crippen molar-refractivity contribution >= 4 is 6.03 Å². The summed E-state index contributed by atoms with van der Waals surface area (Å²) in [6.07, 6.45) is 0.721. The second-order valence-corrected chi connectivity index (χ2v) is 4.99. The van der Waals surface area contributed by atoms with E-state index < -0.39 is 0 Å². The Bertz CT molecular complexity index is 733. The van der Waals surface area contributed by atoms with Gasteiger partial charge in [-0.2, -0.15) is 0 Å². The average molecular weight is 326 g/mol. The molecular weight excluding hydrogens is 307 g/mol. The molecule has 0 aliphatic heterocycles. The molecule has 0 fully saturated rings. The predicted molar refractivity (Wildman–Crippen MR) is 91.4 cm³/mol. The number of benzene rings is 2. The molecule has 0 bridgehead atoms. The minimum Gasteiger partial charge on any atom is -0.497 e. The second-order valence-electron chi connectivity index (χ2n) is 4.99. The molecule has 2 N–H and O–H groups in total. The Hall–Kier alpha value is -3.00. The fraction of sp³-hybridized carbons (Fsp3) is 0.211. The number of urea groups is 1. The Morgan fingerprint density at radius 1 is 1.12 bits per heavy atom. The molecule has 0 saturated carbocycles. The van der Waals surface area contributed by atoms with Crippen LogP contribution in [0.5, 0.6) is 5.75 Å². The number of ether oxygens (including phenoxy) is 1. The molecule has 0 heterocycles. The first-order valence-corrected chi connectivity index (χ1v) is 7.57. The van der Waals surface area contributed by atoms with E-state index in [9.17, 15) is 9.18 Å². The minimum atomic E-state index is -0.367. The van der Waals surface area contributed by atoms with Crippen molar-refractivity contribution in [2.75, 3.05) is 20.2 Å². The van der Waals surface area contributed by atoms with Gasteiger partial charge in [-0.15, -0.1) is 0 Å². The first kappa shape index (κ1) is 17.4. The van der Waals surface area contributed by atoms with Gasteiger partial charge in [-0.25, -0.2) is 9.18 Å². The molecule has 0 aromatic heterocycles. The van der Waals surface area contributed by atoms with Gasteiger partial charge in [0.2, 0.25) is 0 Å². The van der Waals surface area contributed by atoms with E-state index in [0.717, 1.165) is 17.7 Å². The number of nitrogens with one attached hydrogen (secondary N) is 2. The molecule has 0 radical (unpaired) electrons. The van der Waals surface area contributed by atoms with Crippen LogP contribution in [0.15, 0.2) is 48.5 Å². The Kier molecular flexibility index (Phi) is 6.66. The van der Waals surface area contributed by atoms with Crippen molar-refractivity contribution in [2.24, 2.45) is 0 Å². The summed E-state index contributed by atoms with van der Waals surface area (Å²) in [6.45, 7) is 0.668. The summed E-state index contributed by atoms with van der Waals surface area (Å²) < 4.78 is 18.4. The molecule has 124 valence electrons. The van der Waals surface area contributed by atoms with Crippen LogP contribution in [0.25, 0.3) is 0 Å². The van der Waals surface area contributed by atoms with E-state index in [4.69, 9.17) is 4.74 Å². The molecule has 24 heavy (non-hydrogen) atoms. The third kappa shape index (κ3) is 5.65. The largest absolute Gasteiger partial charge is 0.497 e. The molecule has 0 atom stereocenters. The lowest BCUT2D eigenvalue weighted by molar-refractivity contribution is 0.242. The quantitative estimate of drug-likeness (QED) is 0.830. The normalized spacial score (nSPS) is 9.58. The van der Waals surface area contributed by atoms with Crippen molar-refractivity contribution in [2.45, 2.75) is 6.42 Å². The van der Waals surface area contributed by atoms with Crippen LogP contribution in [-0.4, -0.2) is 26.2 Å². The molecular formula is C19H19FN2O2. The Labute approximate surface area is 141 Å². The smallest absolute Gasteiger partial charge is 0.315 e. The van der Waals surface area contributed by atoms with Gasteiger partial charge in [0.25, 0.3) is 0 Å². The number of halogens is 1. The summed E-state index contributed by atoms with van der Waals surface area (Å²) in [5.41, 5.74) is 1.43. The van der Waals surface area contributed by atoms with E-state index in [-0.39, 0.29) is 18.4 Å². The van der Waals surface area contributed by atoms with Crippen LogP contribution in [0.1, 0.15) is 11.1 Å². The molecule has 0 saturated heterocycles. The second kappa shape index (κ2) is 9.21. The summed E-state index contributed by atoms with van der Waals surface area (Å²) in [5.74, 6) is 5.84. The predicted octanol–water partition coefficient (Wildman–Crippen LogP) is 2.73. The molecule has 2 aromatic rings. The number of hydrogen-bond donors (Lipinski definition) is 2. The highest BCUT2D eigenvalue weighted by molar-refractivity contribution is 5.74. The van der Waals surface area contributed by atoms with Crippen LogP contribution < -0.4 is 15.4 Å². The molecule has 5 heteroatoms. The van der Waals surface area contributed by atoms with Crippen molar-refractivity contribution in [3.05, 3.63) is 65.5 Å². The molecule has 0 unspecified atom stereocenters. The van der Waals surface area contributed by atoms with Crippen LogP contribution in [0.2, 0.25) is 0 Å². The van der Waals surface area contributed by atoms with Gasteiger partial charge in [-0.05, 0) is 36.2 Å². The van der Waals surface area contributed by atoms with E-state index in [1.165, 1.54) is 6.07 Å². The van der Waals surface area contributed by atoms with Crippen molar-refractivity contribution in [3.63, 3.8) is 0 Å². The van der Waals surface area contributed by atoms with Crippen molar-refractivity contribution in [1.29, 1.82) is 0 Å². The van der Waals surface area contributed by atoms with Gasteiger partial charge in [-0.3, -0.25) is 0 Å². The summed E-state index contributed by atoms with van der Waals surface area (Å²) in [5, 5.41) is 5.36. The van der Waals surface area contributed by atoms with E-state index in [1.54, 1.807) is 25.3 Å². The summed E-state index contributed by atoms with van der Waals surface area (Å²) in [7, 11) is 1.62. The molecule has 0 aliphatic carbocycles. The Morgan fingerprint density at radius 2 is 1.88 bits per heavy atom. The number of amides is 2. The molecule has 2 amide bonds. The maximum Gasteiger partial charge on any atom is 0.315 e. The average Bonchev–Trinajstić information content (AvgIpc) is 2.61. The fourth-order valence-electron chi connectivity index (χ4n) is 2.00. The van der Waals surface area contributed by atoms with Crippen molar-refractivity contribution in [3.8, 4) is 17.6 Å². The lowest BCUT2D eigenvalue weighted by atomic mass is 10.1. The maximum atomic E-state index is 13.3. The van der Waals surface area contributed by atoms with Crippen LogP contribution in [0.4, 0.5) is 9.18 Å². The van der Waals surface area contributed by atoms with Gasteiger partial charge in [0.15, 0.2) is 0 Å². The highest BCUT2D eigenvalue weighted by Gasteiger charge is 1.99. The van der Waals surface area contributed by atoms with Gasteiger partial charge in [0.1, 0.15) is 11.6 Å². The van der Waals surface area contributed by atoms with Gasteiger partial charge < -0.3 is 15.4 Å². The Morgan fingerprint density at radius 3 is 2.58 bits per heavy atom. The lowest BCUT2D eigenvalue weighted by Gasteiger charge is -2.06. The number of carbonyl (C=O) groups excluding carboxylic acids is 1. The van der Waals surface area contributed by atoms with Crippen LogP contribution in [0.3, 0.4) is 0 Å². The zero-order valence-corrected chi connectivity index (χ0v) is 13.4. The summed E-state index contributed by atoms with van der Waals surface area (Å²) in [6, 6.07) is 13.6. The fourth-order valence-corrected chi connectivity index (χ4v) is 2.00. The highest BCUT2D eigenvalue weighted by atomic mass is 19.1. The Balaban J connectivity index is 1.67. The topological polar surface area (TPSA) is 50.4 Å². The monoisotopic (exact) mass is 326 g/mol. The zero-order chi connectivity index (χ0) is 17.2. The SMILES string of the molecule is COc1ccc(CCNC(=O)NCC#Cc2ccccc2F)cc1. The van der Waals surface area contributed by atoms with Crippen molar-refractivity contribution in [1.82, 2.24) is 10.6 Å². The third-order valence-corrected chi connectivity index (χ3v) is 3.29. The van der Waals surface area contributed by atoms with E-state index in [1.807, 2.05) is 24.3 Å². The van der Waals surface area contributed by atoms with Crippen LogP contribution in [-0.2, 0) is 6.42 Å². The number of rotatable bonds is 5. The number of methoxy groups -OCH3 is 1. The van der Waals surface area contributed by atoms with Gasteiger partial charge >= 0.3 is 6.03 Å². The first-order valence-electron chi connectivity index (χ1n) is 7.57. The van der Waals surface area contributed by atoms with Crippen LogP contribution >= 0.6 is 0 Å². The third-order valence-electron chi connectivity index (χ3n) is 3.29. The van der Waals surface area contributed by atoms with E-state index in [0.29, 0.717) is 12.1 Å². The number of carbonyl (C=O) groups is 1. The van der Waals surface area contributed by atoms with Gasteiger partial charge in [0.05, 0.1) is 19.2 Å². The summed E-state index contributed by atoms with van der Waals surface area (Å²) in [4.78, 5) is 11.6. The highest BCUT2D eigenvalue weighted by Crippen LogP contribution is 2.11.